The number of anilines is 1. The zero-order valence-electron chi connectivity index (χ0n) is 19.2. The number of hydrogen-bond acceptors (Lipinski definition) is 3. The van der Waals surface area contributed by atoms with E-state index in [1.807, 2.05) is 19.1 Å². The zero-order valence-corrected chi connectivity index (χ0v) is 19.9. The molecule has 0 radical (unpaired) electrons. The molecular weight excluding hydrogens is 460 g/mol. The standard InChI is InChI=1S/C27H26ClF2NO3/c1-17-5-4-6-24(28)25(17)31(3)26(34)21-11-7-19(8-12-21)15-23(33)16-20-9-13-22(14-10-20)27(29,30)18(2)32/h4-14,18,32H,15-16H2,1-3H3. The first kappa shape index (κ1) is 25.5. The number of aliphatic hydroxyl groups excluding tert-OH is 1. The number of halogens is 3. The van der Waals surface area contributed by atoms with Crippen LogP contribution in [0.1, 0.15) is 39.5 Å². The highest BCUT2D eigenvalue weighted by Gasteiger charge is 2.37. The van der Waals surface area contributed by atoms with Gasteiger partial charge in [0.2, 0.25) is 0 Å². The van der Waals surface area contributed by atoms with Crippen LogP contribution in [0.15, 0.2) is 66.7 Å². The van der Waals surface area contributed by atoms with Gasteiger partial charge >= 0.3 is 0 Å². The van der Waals surface area contributed by atoms with Crippen LogP contribution in [0.2, 0.25) is 5.02 Å². The van der Waals surface area contributed by atoms with Crippen LogP contribution in [0, 0.1) is 6.92 Å². The van der Waals surface area contributed by atoms with Crippen LogP contribution in [0.5, 0.6) is 0 Å². The first-order valence-electron chi connectivity index (χ1n) is 10.8. The van der Waals surface area contributed by atoms with E-state index >= 15 is 0 Å². The fourth-order valence-corrected chi connectivity index (χ4v) is 4.06. The molecule has 1 unspecified atom stereocenters. The fourth-order valence-electron chi connectivity index (χ4n) is 3.71. The maximum atomic E-state index is 13.9. The third kappa shape index (κ3) is 5.69. The quantitative estimate of drug-likeness (QED) is 0.442. The monoisotopic (exact) mass is 485 g/mol. The molecule has 0 saturated carbocycles. The second-order valence-electron chi connectivity index (χ2n) is 8.35. The highest BCUT2D eigenvalue weighted by Crippen LogP contribution is 2.32. The highest BCUT2D eigenvalue weighted by molar-refractivity contribution is 6.34. The van der Waals surface area contributed by atoms with Gasteiger partial charge in [0.05, 0.1) is 10.7 Å². The van der Waals surface area contributed by atoms with Gasteiger partial charge in [-0.05, 0) is 48.7 Å². The molecule has 0 heterocycles. The van der Waals surface area contributed by atoms with Gasteiger partial charge in [0.15, 0.2) is 0 Å². The van der Waals surface area contributed by atoms with Gasteiger partial charge in [0, 0.05) is 31.0 Å². The second-order valence-corrected chi connectivity index (χ2v) is 8.76. The van der Waals surface area contributed by atoms with Crippen molar-refractivity contribution in [2.45, 2.75) is 38.7 Å². The van der Waals surface area contributed by atoms with Gasteiger partial charge in [0.25, 0.3) is 11.8 Å². The van der Waals surface area contributed by atoms with Gasteiger partial charge in [0.1, 0.15) is 11.9 Å². The highest BCUT2D eigenvalue weighted by atomic mass is 35.5. The summed E-state index contributed by atoms with van der Waals surface area (Å²) in [7, 11) is 1.66. The number of carbonyl (C=O) groups is 2. The van der Waals surface area contributed by atoms with Crippen LogP contribution < -0.4 is 4.90 Å². The van der Waals surface area contributed by atoms with Crippen molar-refractivity contribution in [1.29, 1.82) is 0 Å². The molecule has 3 aromatic carbocycles. The number of rotatable bonds is 8. The molecule has 4 nitrogen and oxygen atoms in total. The number of carbonyl (C=O) groups excluding carboxylic acids is 2. The summed E-state index contributed by atoms with van der Waals surface area (Å²) in [5.41, 5.74) is 3.05. The Morgan fingerprint density at radius 2 is 1.50 bits per heavy atom. The number of ketones is 1. The number of aliphatic hydroxyl groups is 1. The molecule has 1 N–H and O–H groups in total. The first-order valence-corrected chi connectivity index (χ1v) is 11.2. The minimum Gasteiger partial charge on any atom is -0.387 e. The summed E-state index contributed by atoms with van der Waals surface area (Å²) in [4.78, 5) is 26.9. The second kappa shape index (κ2) is 10.5. The molecule has 34 heavy (non-hydrogen) atoms. The van der Waals surface area contributed by atoms with Crippen LogP contribution in [0.25, 0.3) is 0 Å². The lowest BCUT2D eigenvalue weighted by Crippen LogP contribution is -2.27. The Kier molecular flexibility index (Phi) is 7.85. The van der Waals surface area contributed by atoms with Gasteiger partial charge in [-0.15, -0.1) is 0 Å². The molecule has 3 rings (SSSR count). The number of Topliss-reactive ketones (excluding diaryl/α,β-unsaturated/α-hetero) is 1. The molecule has 1 amide bonds. The van der Waals surface area contributed by atoms with E-state index in [0.29, 0.717) is 21.8 Å². The van der Waals surface area contributed by atoms with E-state index in [1.165, 1.54) is 29.2 Å². The van der Waals surface area contributed by atoms with Crippen LogP contribution in [-0.2, 0) is 23.6 Å². The Hall–Kier alpha value is -3.09. The summed E-state index contributed by atoms with van der Waals surface area (Å²) in [6.45, 7) is 2.91. The first-order chi connectivity index (χ1) is 16.0. The lowest BCUT2D eigenvalue weighted by molar-refractivity contribution is -0.117. The zero-order chi connectivity index (χ0) is 25.0. The molecule has 178 valence electrons. The van der Waals surface area contributed by atoms with Crippen molar-refractivity contribution in [1.82, 2.24) is 0 Å². The summed E-state index contributed by atoms with van der Waals surface area (Å²) < 4.78 is 27.8. The fraction of sp³-hybridized carbons (Fsp3) is 0.259. The molecule has 0 aliphatic heterocycles. The number of amides is 1. The Balaban J connectivity index is 1.63. The minimum absolute atomic E-state index is 0.0853. The van der Waals surface area contributed by atoms with Gasteiger partial charge in [-0.2, -0.15) is 8.78 Å². The Labute approximate surface area is 202 Å². The lowest BCUT2D eigenvalue weighted by atomic mass is 9.98. The van der Waals surface area contributed by atoms with Crippen LogP contribution in [-0.4, -0.2) is 29.9 Å². The van der Waals surface area contributed by atoms with Crippen molar-refractivity contribution in [3.8, 4) is 0 Å². The van der Waals surface area contributed by atoms with E-state index in [9.17, 15) is 23.5 Å². The third-order valence-electron chi connectivity index (χ3n) is 5.70. The average molecular weight is 486 g/mol. The van der Waals surface area contributed by atoms with Gasteiger partial charge in [-0.25, -0.2) is 0 Å². The molecule has 0 bridgehead atoms. The summed E-state index contributed by atoms with van der Waals surface area (Å²) in [5, 5.41) is 9.73. The molecule has 0 aliphatic carbocycles. The van der Waals surface area contributed by atoms with E-state index in [0.717, 1.165) is 18.1 Å². The van der Waals surface area contributed by atoms with Crippen LogP contribution in [0.4, 0.5) is 14.5 Å². The van der Waals surface area contributed by atoms with Crippen molar-refractivity contribution in [3.05, 3.63) is 99.6 Å². The molecule has 0 spiro atoms. The van der Waals surface area contributed by atoms with E-state index in [4.69, 9.17) is 11.6 Å². The van der Waals surface area contributed by atoms with Crippen molar-refractivity contribution in [2.75, 3.05) is 11.9 Å². The van der Waals surface area contributed by atoms with Crippen molar-refractivity contribution in [3.63, 3.8) is 0 Å². The van der Waals surface area contributed by atoms with Gasteiger partial charge in [-0.1, -0.05) is 60.1 Å². The van der Waals surface area contributed by atoms with Crippen LogP contribution >= 0.6 is 11.6 Å². The molecular formula is C27H26ClF2NO3. The maximum absolute atomic E-state index is 13.9. The molecule has 3 aromatic rings. The Bertz CT molecular complexity index is 1160. The Morgan fingerprint density at radius 3 is 2.00 bits per heavy atom. The van der Waals surface area contributed by atoms with Gasteiger partial charge in [-0.3, -0.25) is 9.59 Å². The predicted octanol–water partition coefficient (Wildman–Crippen LogP) is 5.75. The summed E-state index contributed by atoms with van der Waals surface area (Å²) in [5.74, 6) is -3.65. The van der Waals surface area contributed by atoms with Crippen molar-refractivity contribution >= 4 is 29.0 Å². The molecule has 0 aliphatic rings. The Morgan fingerprint density at radius 1 is 0.971 bits per heavy atom. The number of hydrogen-bond donors (Lipinski definition) is 1. The summed E-state index contributed by atoms with van der Waals surface area (Å²) in [6.07, 6.45) is -1.56. The largest absolute Gasteiger partial charge is 0.387 e. The average Bonchev–Trinajstić information content (AvgIpc) is 2.79. The number of nitrogens with zero attached hydrogens (tertiary/aromatic N) is 1. The van der Waals surface area contributed by atoms with E-state index in [1.54, 1.807) is 37.4 Å². The summed E-state index contributed by atoms with van der Waals surface area (Å²) >= 11 is 6.27. The smallest absolute Gasteiger partial charge is 0.298 e. The third-order valence-corrected chi connectivity index (χ3v) is 6.00. The summed E-state index contributed by atoms with van der Waals surface area (Å²) in [6, 6.07) is 17.6. The van der Waals surface area contributed by atoms with Crippen molar-refractivity contribution in [2.24, 2.45) is 0 Å². The molecule has 0 fully saturated rings. The van der Waals surface area contributed by atoms with E-state index in [2.05, 4.69) is 0 Å². The van der Waals surface area contributed by atoms with Crippen molar-refractivity contribution < 1.29 is 23.5 Å². The number of aryl methyl sites for hydroxylation is 1. The number of para-hydroxylation sites is 1. The molecule has 0 aromatic heterocycles. The van der Waals surface area contributed by atoms with E-state index in [-0.39, 0.29) is 30.1 Å². The number of alkyl halides is 2. The van der Waals surface area contributed by atoms with E-state index < -0.39 is 12.0 Å². The molecule has 1 atom stereocenters. The number of benzene rings is 3. The lowest BCUT2D eigenvalue weighted by Gasteiger charge is -2.21. The maximum Gasteiger partial charge on any atom is 0.298 e. The predicted molar refractivity (Wildman–Crippen MR) is 130 cm³/mol. The van der Waals surface area contributed by atoms with Gasteiger partial charge < -0.3 is 10.0 Å². The molecule has 7 heteroatoms. The SMILES string of the molecule is Cc1cccc(Cl)c1N(C)C(=O)c1ccc(CC(=O)Cc2ccc(C(F)(F)C(C)O)cc2)cc1. The topological polar surface area (TPSA) is 57.6 Å². The molecule has 0 saturated heterocycles. The normalized spacial score (nSPS) is 12.3. The minimum atomic E-state index is -3.35. The van der Waals surface area contributed by atoms with Crippen LogP contribution in [0.3, 0.4) is 0 Å².